The summed E-state index contributed by atoms with van der Waals surface area (Å²) < 4.78 is 4.45. The van der Waals surface area contributed by atoms with Crippen molar-refractivity contribution in [1.29, 1.82) is 0 Å². The van der Waals surface area contributed by atoms with Gasteiger partial charge in [0.05, 0.1) is 0 Å². The van der Waals surface area contributed by atoms with Gasteiger partial charge in [-0.3, -0.25) is 0 Å². The van der Waals surface area contributed by atoms with Crippen molar-refractivity contribution in [2.45, 2.75) is 88.3 Å². The molecule has 0 bridgehead atoms. The molecule has 1 heterocycles. The molecule has 2 aliphatic carbocycles. The Labute approximate surface area is 295 Å². The summed E-state index contributed by atoms with van der Waals surface area (Å²) >= 11 is -2.99. The van der Waals surface area contributed by atoms with Crippen LogP contribution in [0.25, 0.3) is 34.4 Å². The van der Waals surface area contributed by atoms with Gasteiger partial charge in [0.2, 0.25) is 0 Å². The average molecular weight is 816 g/mol. The molecule has 4 aromatic carbocycles. The Morgan fingerprint density at radius 3 is 1.26 bits per heavy atom. The molecule has 3 aliphatic rings. The van der Waals surface area contributed by atoms with Gasteiger partial charge in [0.1, 0.15) is 0 Å². The molecule has 0 N–H and O–H groups in total. The zero-order valence-electron chi connectivity index (χ0n) is 28.4. The van der Waals surface area contributed by atoms with Crippen molar-refractivity contribution in [3.8, 4) is 22.3 Å². The molecular formula is C43H50Cl2Hf. The number of hydrogen-bond donors (Lipinski definition) is 0. The maximum absolute atomic E-state index is 2.99. The molecule has 46 heavy (non-hydrogen) atoms. The second-order valence-corrected chi connectivity index (χ2v) is 30.9. The molecule has 240 valence electrons. The van der Waals surface area contributed by atoms with Gasteiger partial charge in [0.15, 0.2) is 0 Å². The number of fused-ring (bicyclic) bond motifs is 2. The van der Waals surface area contributed by atoms with Crippen molar-refractivity contribution in [2.75, 3.05) is 0 Å². The van der Waals surface area contributed by atoms with Crippen molar-refractivity contribution >= 4 is 37.0 Å². The summed E-state index contributed by atoms with van der Waals surface area (Å²) in [6, 6.07) is 33.3. The van der Waals surface area contributed by atoms with Crippen LogP contribution in [-0.2, 0) is 20.0 Å². The van der Waals surface area contributed by atoms with E-state index in [2.05, 4.69) is 139 Å². The second-order valence-electron chi connectivity index (χ2n) is 14.3. The first-order valence-corrected chi connectivity index (χ1v) is 26.5. The predicted molar refractivity (Wildman–Crippen MR) is 203 cm³/mol. The molecule has 2 unspecified atom stereocenters. The maximum atomic E-state index is 2.64. The molecule has 0 nitrogen and oxygen atoms in total. The summed E-state index contributed by atoms with van der Waals surface area (Å²) in [5.74, 6) is 1.12. The number of allylic oxidation sites excluding steroid dienone is 2. The van der Waals surface area contributed by atoms with E-state index in [-0.39, 0.29) is 24.8 Å². The number of rotatable bonds is 8. The van der Waals surface area contributed by atoms with Gasteiger partial charge in [-0.2, -0.15) is 0 Å². The number of hydrogen-bond acceptors (Lipinski definition) is 0. The van der Waals surface area contributed by atoms with E-state index in [1.54, 1.807) is 22.3 Å². The zero-order valence-corrected chi connectivity index (χ0v) is 33.6. The Morgan fingerprint density at radius 2 is 0.957 bits per heavy atom. The number of benzene rings is 4. The van der Waals surface area contributed by atoms with E-state index in [0.29, 0.717) is 19.2 Å². The van der Waals surface area contributed by atoms with Crippen LogP contribution in [0.4, 0.5) is 0 Å². The minimum atomic E-state index is -2.99. The van der Waals surface area contributed by atoms with Crippen molar-refractivity contribution in [1.82, 2.24) is 0 Å². The Balaban J connectivity index is 0.00000208. The first kappa shape index (κ1) is 35.1. The van der Waals surface area contributed by atoms with Crippen molar-refractivity contribution in [3.63, 3.8) is 0 Å². The molecule has 0 aromatic heterocycles. The third kappa shape index (κ3) is 5.77. The Hall–Kier alpha value is -2.19. The molecule has 3 heteroatoms. The largest absolute Gasteiger partial charge is 0.147 e. The van der Waals surface area contributed by atoms with Gasteiger partial charge in [-0.25, -0.2) is 0 Å². The van der Waals surface area contributed by atoms with E-state index in [1.165, 1.54) is 72.1 Å². The Bertz CT molecular complexity index is 1630. The fourth-order valence-corrected chi connectivity index (χ4v) is 32.0. The van der Waals surface area contributed by atoms with Crippen LogP contribution in [0, 0.1) is 0 Å². The Morgan fingerprint density at radius 1 is 0.565 bits per heavy atom. The molecule has 7 rings (SSSR count). The smallest absolute Gasteiger partial charge is 0.147 e. The fourth-order valence-electron chi connectivity index (χ4n) is 8.83. The minimum Gasteiger partial charge on any atom is -0.147 e. The molecule has 0 spiro atoms. The first-order valence-electron chi connectivity index (χ1n) is 17.2. The monoisotopic (exact) mass is 816 g/mol. The van der Waals surface area contributed by atoms with Gasteiger partial charge in [-0.15, -0.1) is 24.8 Å². The SMILES string of the molecule is CCC1=Cc2c(-c3ccc(C(C)C)cc3)cccc2[CH]1[Hf]1([CH]2C(CC)=Cc3c(-c4ccc(C(C)C)cc4)cccc32)[CH2]C[CH2]1.Cl.Cl. The van der Waals surface area contributed by atoms with Crippen LogP contribution in [0.1, 0.15) is 113 Å². The van der Waals surface area contributed by atoms with E-state index in [4.69, 9.17) is 0 Å². The summed E-state index contributed by atoms with van der Waals surface area (Å²) in [6.07, 6.45) is 9.05. The van der Waals surface area contributed by atoms with Crippen LogP contribution in [-0.4, -0.2) is 0 Å². The van der Waals surface area contributed by atoms with E-state index in [1.807, 2.05) is 0 Å². The number of halogens is 2. The van der Waals surface area contributed by atoms with E-state index in [0.717, 1.165) is 0 Å². The zero-order chi connectivity index (χ0) is 30.6. The van der Waals surface area contributed by atoms with Crippen LogP contribution in [0.5, 0.6) is 0 Å². The van der Waals surface area contributed by atoms with Gasteiger partial charge >= 0.3 is 272 Å². The van der Waals surface area contributed by atoms with Gasteiger partial charge in [-0.1, -0.05) is 0 Å². The molecule has 0 amide bonds. The predicted octanol–water partition coefficient (Wildman–Crippen LogP) is 13.9. The van der Waals surface area contributed by atoms with Crippen LogP contribution in [0.3, 0.4) is 0 Å². The molecular weight excluding hydrogens is 766 g/mol. The molecule has 2 atom stereocenters. The molecule has 1 saturated heterocycles. The summed E-state index contributed by atoms with van der Waals surface area (Å²) in [5, 5.41) is 0. The van der Waals surface area contributed by atoms with Crippen LogP contribution in [0.15, 0.2) is 96.1 Å². The standard InChI is InChI=1S/2C20H21.C3H6.2ClH.Hf/c2*1-4-15-12-18-6-5-7-19(20(18)13-15)17-10-8-16(9-11-17)14(2)3;1-3-2;;;/h2*5-14H,4H2,1-3H3;1-3H2;2*1H;. The Kier molecular flexibility index (Phi) is 10.8. The quantitative estimate of drug-likeness (QED) is 0.155. The fraction of sp³-hybridized carbons (Fsp3) is 0.349. The second kappa shape index (κ2) is 14.1. The topological polar surface area (TPSA) is 0 Å². The first-order chi connectivity index (χ1) is 21.4. The third-order valence-electron chi connectivity index (χ3n) is 11.3. The van der Waals surface area contributed by atoms with E-state index >= 15 is 0 Å². The van der Waals surface area contributed by atoms with E-state index in [9.17, 15) is 0 Å². The van der Waals surface area contributed by atoms with Crippen molar-refractivity contribution in [3.05, 3.63) is 129 Å². The summed E-state index contributed by atoms with van der Waals surface area (Å²) in [5.41, 5.74) is 18.3. The normalized spacial score (nSPS) is 19.0. The molecule has 4 aromatic rings. The van der Waals surface area contributed by atoms with Gasteiger partial charge in [0, 0.05) is 0 Å². The van der Waals surface area contributed by atoms with E-state index < -0.39 is 20.0 Å². The summed E-state index contributed by atoms with van der Waals surface area (Å²) in [6.45, 7) is 14.0. The van der Waals surface area contributed by atoms with Crippen LogP contribution >= 0.6 is 24.8 Å². The minimum absolute atomic E-state index is 0. The maximum Gasteiger partial charge on any atom is -0.147 e. The van der Waals surface area contributed by atoms with Gasteiger partial charge in [0.25, 0.3) is 0 Å². The molecule has 0 radical (unpaired) electrons. The molecule has 1 fully saturated rings. The van der Waals surface area contributed by atoms with Crippen molar-refractivity contribution in [2.24, 2.45) is 0 Å². The van der Waals surface area contributed by atoms with Crippen LogP contribution in [0.2, 0.25) is 8.35 Å². The molecule has 1 aliphatic heterocycles. The summed E-state index contributed by atoms with van der Waals surface area (Å²) in [7, 11) is 0. The molecule has 0 saturated carbocycles. The third-order valence-corrected chi connectivity index (χ3v) is 33.7. The van der Waals surface area contributed by atoms with Crippen LogP contribution < -0.4 is 0 Å². The average Bonchev–Trinajstić information content (AvgIpc) is 3.60. The van der Waals surface area contributed by atoms with Gasteiger partial charge < -0.3 is 0 Å². The van der Waals surface area contributed by atoms with Crippen molar-refractivity contribution < 1.29 is 20.0 Å². The van der Waals surface area contributed by atoms with Gasteiger partial charge in [-0.05, 0) is 0 Å². The summed E-state index contributed by atoms with van der Waals surface area (Å²) in [4.78, 5) is 0.